The zero-order chi connectivity index (χ0) is 13.7. The summed E-state index contributed by atoms with van der Waals surface area (Å²) >= 11 is 0. The smallest absolute Gasteiger partial charge is 0.203 e. The molecule has 4 nitrogen and oxygen atoms in total. The van der Waals surface area contributed by atoms with Crippen LogP contribution < -0.4 is 5.32 Å². The van der Waals surface area contributed by atoms with E-state index in [1.165, 1.54) is 6.07 Å². The largest absolute Gasteiger partial charge is 0.383 e. The summed E-state index contributed by atoms with van der Waals surface area (Å²) in [4.78, 5) is 4.38. The molecule has 2 rings (SSSR count). The van der Waals surface area contributed by atoms with Crippen molar-refractivity contribution in [2.45, 2.75) is 20.0 Å². The van der Waals surface area contributed by atoms with Crippen LogP contribution in [0.25, 0.3) is 0 Å². The predicted molar refractivity (Wildman–Crippen MR) is 72.6 cm³/mol. The molecule has 1 heterocycles. The number of nitrogens with one attached hydrogen (secondary N) is 1. The van der Waals surface area contributed by atoms with E-state index in [2.05, 4.69) is 10.3 Å². The Balaban J connectivity index is 2.05. The second-order valence-electron chi connectivity index (χ2n) is 4.34. The quantitative estimate of drug-likeness (QED) is 0.870. The lowest BCUT2D eigenvalue weighted by atomic mass is 10.2. The van der Waals surface area contributed by atoms with Gasteiger partial charge in [-0.05, 0) is 13.0 Å². The molecule has 0 saturated heterocycles. The maximum absolute atomic E-state index is 13.5. The van der Waals surface area contributed by atoms with Crippen LogP contribution >= 0.6 is 0 Å². The molecule has 0 amide bonds. The van der Waals surface area contributed by atoms with E-state index < -0.39 is 0 Å². The number of benzene rings is 1. The minimum absolute atomic E-state index is 0.207. The third kappa shape index (κ3) is 3.54. The van der Waals surface area contributed by atoms with E-state index in [-0.39, 0.29) is 5.82 Å². The van der Waals surface area contributed by atoms with Crippen molar-refractivity contribution in [2.24, 2.45) is 0 Å². The fraction of sp³-hybridized carbons (Fsp3) is 0.357. The van der Waals surface area contributed by atoms with Crippen LogP contribution in [0.1, 0.15) is 11.3 Å². The number of hydrogen-bond donors (Lipinski definition) is 1. The van der Waals surface area contributed by atoms with Gasteiger partial charge in [-0.1, -0.05) is 18.2 Å². The molecule has 0 spiro atoms. The summed E-state index contributed by atoms with van der Waals surface area (Å²) in [5.74, 6) is 0.527. The second-order valence-corrected chi connectivity index (χ2v) is 4.34. The first-order valence-corrected chi connectivity index (χ1v) is 6.20. The first-order chi connectivity index (χ1) is 9.20. The Morgan fingerprint density at radius 1 is 1.37 bits per heavy atom. The molecule has 5 heteroatoms. The van der Waals surface area contributed by atoms with Gasteiger partial charge in [0.15, 0.2) is 0 Å². The summed E-state index contributed by atoms with van der Waals surface area (Å²) in [6.07, 6.45) is 1.95. The molecule has 1 aromatic heterocycles. The SMILES string of the molecule is COCCn1cc(C)nc1NCc1ccccc1F. The summed E-state index contributed by atoms with van der Waals surface area (Å²) in [6.45, 7) is 3.68. The number of ether oxygens (including phenoxy) is 1. The highest BCUT2D eigenvalue weighted by atomic mass is 19.1. The Kier molecular flexibility index (Phi) is 4.52. The molecular formula is C14H18FN3O. The van der Waals surface area contributed by atoms with Crippen LogP contribution in [0.4, 0.5) is 10.3 Å². The third-order valence-electron chi connectivity index (χ3n) is 2.83. The zero-order valence-corrected chi connectivity index (χ0v) is 11.2. The number of methoxy groups -OCH3 is 1. The fourth-order valence-electron chi connectivity index (χ4n) is 1.86. The summed E-state index contributed by atoms with van der Waals surface area (Å²) < 4.78 is 20.5. The fourth-order valence-corrected chi connectivity index (χ4v) is 1.86. The van der Waals surface area contributed by atoms with Crippen LogP contribution in [0, 0.1) is 12.7 Å². The van der Waals surface area contributed by atoms with Crippen molar-refractivity contribution in [1.29, 1.82) is 0 Å². The predicted octanol–water partition coefficient (Wildman–Crippen LogP) is 2.59. The third-order valence-corrected chi connectivity index (χ3v) is 2.83. The summed E-state index contributed by atoms with van der Waals surface area (Å²) in [7, 11) is 1.66. The molecule has 0 fully saturated rings. The van der Waals surface area contributed by atoms with Crippen LogP contribution in [-0.4, -0.2) is 23.3 Å². The molecule has 0 aliphatic rings. The Morgan fingerprint density at radius 3 is 2.89 bits per heavy atom. The van der Waals surface area contributed by atoms with E-state index in [9.17, 15) is 4.39 Å². The summed E-state index contributed by atoms with van der Waals surface area (Å²) in [6, 6.07) is 6.72. The molecular weight excluding hydrogens is 245 g/mol. The Bertz CT molecular complexity index is 539. The average molecular weight is 263 g/mol. The summed E-state index contributed by atoms with van der Waals surface area (Å²) in [5, 5.41) is 3.16. The van der Waals surface area contributed by atoms with E-state index in [1.54, 1.807) is 19.2 Å². The van der Waals surface area contributed by atoms with Gasteiger partial charge in [0.1, 0.15) is 5.82 Å². The van der Waals surface area contributed by atoms with Gasteiger partial charge in [-0.15, -0.1) is 0 Å². The van der Waals surface area contributed by atoms with Gasteiger partial charge in [0.05, 0.1) is 12.3 Å². The molecule has 1 aromatic carbocycles. The second kappa shape index (κ2) is 6.33. The number of halogens is 1. The number of aromatic nitrogens is 2. The molecule has 0 bridgehead atoms. The first-order valence-electron chi connectivity index (χ1n) is 6.20. The van der Waals surface area contributed by atoms with Gasteiger partial charge in [-0.2, -0.15) is 0 Å². The van der Waals surface area contributed by atoms with Crippen molar-refractivity contribution in [2.75, 3.05) is 19.0 Å². The van der Waals surface area contributed by atoms with Gasteiger partial charge in [0.2, 0.25) is 5.95 Å². The minimum atomic E-state index is -0.207. The lowest BCUT2D eigenvalue weighted by Crippen LogP contribution is -2.10. The number of nitrogens with zero attached hydrogens (tertiary/aromatic N) is 2. The standard InChI is InChI=1S/C14H18FN3O/c1-11-10-18(7-8-19-2)14(17-11)16-9-12-5-3-4-6-13(12)15/h3-6,10H,7-9H2,1-2H3,(H,16,17). The number of aryl methyl sites for hydroxylation is 1. The van der Waals surface area contributed by atoms with Crippen molar-refractivity contribution in [1.82, 2.24) is 9.55 Å². The molecule has 0 atom stereocenters. The molecule has 19 heavy (non-hydrogen) atoms. The van der Waals surface area contributed by atoms with Crippen molar-refractivity contribution >= 4 is 5.95 Å². The van der Waals surface area contributed by atoms with E-state index in [0.717, 1.165) is 18.2 Å². The maximum atomic E-state index is 13.5. The van der Waals surface area contributed by atoms with Gasteiger partial charge in [0.25, 0.3) is 0 Å². The van der Waals surface area contributed by atoms with Crippen molar-refractivity contribution in [3.63, 3.8) is 0 Å². The van der Waals surface area contributed by atoms with Gasteiger partial charge in [-0.25, -0.2) is 9.37 Å². The monoisotopic (exact) mass is 263 g/mol. The lowest BCUT2D eigenvalue weighted by molar-refractivity contribution is 0.187. The first kappa shape index (κ1) is 13.5. The van der Waals surface area contributed by atoms with Crippen molar-refractivity contribution < 1.29 is 9.13 Å². The minimum Gasteiger partial charge on any atom is -0.383 e. The highest BCUT2D eigenvalue weighted by Gasteiger charge is 2.06. The molecule has 0 unspecified atom stereocenters. The lowest BCUT2D eigenvalue weighted by Gasteiger charge is -2.09. The molecule has 2 aromatic rings. The van der Waals surface area contributed by atoms with Crippen molar-refractivity contribution in [3.05, 3.63) is 47.5 Å². The normalized spacial score (nSPS) is 10.7. The molecule has 1 N–H and O–H groups in total. The average Bonchev–Trinajstić information content (AvgIpc) is 2.76. The van der Waals surface area contributed by atoms with E-state index in [0.29, 0.717) is 18.7 Å². The van der Waals surface area contributed by atoms with E-state index in [4.69, 9.17) is 4.74 Å². The molecule has 102 valence electrons. The van der Waals surface area contributed by atoms with E-state index >= 15 is 0 Å². The van der Waals surface area contributed by atoms with Crippen LogP contribution in [0.5, 0.6) is 0 Å². The van der Waals surface area contributed by atoms with Gasteiger partial charge >= 0.3 is 0 Å². The Hall–Kier alpha value is -1.88. The van der Waals surface area contributed by atoms with E-state index in [1.807, 2.05) is 23.8 Å². The Labute approximate surface area is 112 Å². The van der Waals surface area contributed by atoms with Gasteiger partial charge in [0, 0.05) is 32.0 Å². The molecule has 0 aliphatic carbocycles. The van der Waals surface area contributed by atoms with Crippen LogP contribution in [-0.2, 0) is 17.8 Å². The maximum Gasteiger partial charge on any atom is 0.203 e. The zero-order valence-electron chi connectivity index (χ0n) is 11.2. The highest BCUT2D eigenvalue weighted by molar-refractivity contribution is 5.31. The van der Waals surface area contributed by atoms with Crippen LogP contribution in [0.15, 0.2) is 30.5 Å². The van der Waals surface area contributed by atoms with Gasteiger partial charge in [-0.3, -0.25) is 0 Å². The van der Waals surface area contributed by atoms with Crippen molar-refractivity contribution in [3.8, 4) is 0 Å². The highest BCUT2D eigenvalue weighted by Crippen LogP contribution is 2.12. The number of hydrogen-bond acceptors (Lipinski definition) is 3. The van der Waals surface area contributed by atoms with Gasteiger partial charge < -0.3 is 14.6 Å². The van der Waals surface area contributed by atoms with Crippen LogP contribution in [0.2, 0.25) is 0 Å². The number of anilines is 1. The number of imidazole rings is 1. The molecule has 0 aliphatic heterocycles. The van der Waals surface area contributed by atoms with Crippen LogP contribution in [0.3, 0.4) is 0 Å². The molecule has 0 saturated carbocycles. The molecule has 0 radical (unpaired) electrons. The topological polar surface area (TPSA) is 39.1 Å². The summed E-state index contributed by atoms with van der Waals surface area (Å²) in [5.41, 5.74) is 1.55. The number of rotatable bonds is 6. The Morgan fingerprint density at radius 2 is 2.16 bits per heavy atom.